The van der Waals surface area contributed by atoms with Gasteiger partial charge < -0.3 is 10.1 Å². The van der Waals surface area contributed by atoms with Crippen molar-refractivity contribution in [3.8, 4) is 0 Å². The quantitative estimate of drug-likeness (QED) is 0.863. The van der Waals surface area contributed by atoms with Gasteiger partial charge in [0.1, 0.15) is 0 Å². The summed E-state index contributed by atoms with van der Waals surface area (Å²) in [6.07, 6.45) is 2.31. The average molecular weight is 233 g/mol. The zero-order valence-electron chi connectivity index (χ0n) is 11.3. The second kappa shape index (κ2) is 4.79. The predicted octanol–water partition coefficient (Wildman–Crippen LogP) is 3.08. The van der Waals surface area contributed by atoms with Gasteiger partial charge in [0.25, 0.3) is 0 Å². The van der Waals surface area contributed by atoms with E-state index >= 15 is 0 Å². The first-order valence-electron chi connectivity index (χ1n) is 6.50. The molecule has 94 valence electrons. The van der Waals surface area contributed by atoms with Crippen LogP contribution < -0.4 is 5.32 Å². The third-order valence-corrected chi connectivity index (χ3v) is 3.82. The highest BCUT2D eigenvalue weighted by atomic mass is 16.5. The minimum absolute atomic E-state index is 0.0399. The molecule has 1 N–H and O–H groups in total. The molecule has 0 radical (unpaired) electrons. The van der Waals surface area contributed by atoms with Gasteiger partial charge in [-0.25, -0.2) is 0 Å². The highest BCUT2D eigenvalue weighted by molar-refractivity contribution is 5.36. The van der Waals surface area contributed by atoms with E-state index in [0.29, 0.717) is 6.04 Å². The van der Waals surface area contributed by atoms with Gasteiger partial charge in [0.2, 0.25) is 0 Å². The maximum absolute atomic E-state index is 6.27. The molecule has 0 saturated heterocycles. The van der Waals surface area contributed by atoms with Crippen LogP contribution in [0.1, 0.15) is 44.4 Å². The minimum Gasteiger partial charge on any atom is -0.370 e. The zero-order valence-corrected chi connectivity index (χ0v) is 11.3. The number of likely N-dealkylation sites (N-methyl/N-ethyl adjacent to an activating group) is 1. The van der Waals surface area contributed by atoms with E-state index < -0.39 is 0 Å². The monoisotopic (exact) mass is 233 g/mol. The lowest BCUT2D eigenvalue weighted by Crippen LogP contribution is -2.36. The van der Waals surface area contributed by atoms with Gasteiger partial charge in [0.05, 0.1) is 17.7 Å². The molecule has 0 bridgehead atoms. The molecule has 0 amide bonds. The fraction of sp³-hybridized carbons (Fsp3) is 0.600. The Morgan fingerprint density at radius 3 is 2.71 bits per heavy atom. The third kappa shape index (κ3) is 2.53. The molecule has 0 saturated carbocycles. The number of rotatable bonds is 4. The molecule has 2 atom stereocenters. The van der Waals surface area contributed by atoms with Crippen molar-refractivity contribution in [2.24, 2.45) is 0 Å². The summed E-state index contributed by atoms with van der Waals surface area (Å²) in [5.74, 6) is 0. The Labute approximate surface area is 104 Å². The van der Waals surface area contributed by atoms with Crippen LogP contribution in [0, 0.1) is 0 Å². The van der Waals surface area contributed by atoms with Crippen LogP contribution in [0.2, 0.25) is 0 Å². The highest BCUT2D eigenvalue weighted by Crippen LogP contribution is 2.35. The van der Waals surface area contributed by atoms with E-state index in [2.05, 4.69) is 50.4 Å². The first-order valence-corrected chi connectivity index (χ1v) is 6.50. The first kappa shape index (κ1) is 12.6. The van der Waals surface area contributed by atoms with Crippen molar-refractivity contribution in [1.29, 1.82) is 0 Å². The van der Waals surface area contributed by atoms with Crippen LogP contribution >= 0.6 is 0 Å². The second-order valence-corrected chi connectivity index (χ2v) is 5.44. The molecule has 1 aliphatic carbocycles. The molecule has 2 heteroatoms. The van der Waals surface area contributed by atoms with Crippen LogP contribution in [0.25, 0.3) is 0 Å². The lowest BCUT2D eigenvalue weighted by Gasteiger charge is -2.31. The Morgan fingerprint density at radius 1 is 1.35 bits per heavy atom. The van der Waals surface area contributed by atoms with Crippen molar-refractivity contribution < 1.29 is 4.74 Å². The molecule has 0 aromatic heterocycles. The van der Waals surface area contributed by atoms with Crippen molar-refractivity contribution in [3.63, 3.8) is 0 Å². The van der Waals surface area contributed by atoms with Gasteiger partial charge >= 0.3 is 0 Å². The molecule has 2 unspecified atom stereocenters. The largest absolute Gasteiger partial charge is 0.370 e. The summed E-state index contributed by atoms with van der Waals surface area (Å²) in [7, 11) is 2.02. The zero-order chi connectivity index (χ0) is 12.5. The Morgan fingerprint density at radius 2 is 2.06 bits per heavy atom. The van der Waals surface area contributed by atoms with Crippen molar-refractivity contribution in [1.82, 2.24) is 5.32 Å². The molecular weight excluding hydrogens is 210 g/mol. The van der Waals surface area contributed by atoms with Crippen LogP contribution in [0.15, 0.2) is 24.3 Å². The van der Waals surface area contributed by atoms with Crippen molar-refractivity contribution in [3.05, 3.63) is 35.4 Å². The van der Waals surface area contributed by atoms with Gasteiger partial charge in [-0.1, -0.05) is 31.2 Å². The van der Waals surface area contributed by atoms with E-state index in [1.54, 1.807) is 0 Å². The van der Waals surface area contributed by atoms with Crippen molar-refractivity contribution >= 4 is 0 Å². The smallest absolute Gasteiger partial charge is 0.0817 e. The van der Waals surface area contributed by atoms with Crippen LogP contribution in [0.4, 0.5) is 0 Å². The normalized spacial score (nSPS) is 23.8. The van der Waals surface area contributed by atoms with E-state index in [1.807, 2.05) is 7.05 Å². The summed E-state index contributed by atoms with van der Waals surface area (Å²) in [6, 6.07) is 8.97. The third-order valence-electron chi connectivity index (χ3n) is 3.82. The van der Waals surface area contributed by atoms with Gasteiger partial charge in [-0.2, -0.15) is 0 Å². The number of hydrogen-bond donors (Lipinski definition) is 1. The topological polar surface area (TPSA) is 21.3 Å². The lowest BCUT2D eigenvalue weighted by atomic mass is 10.0. The molecule has 0 fully saturated rings. The number of ether oxygens (including phenoxy) is 1. The van der Waals surface area contributed by atoms with Gasteiger partial charge in [-0.05, 0) is 38.4 Å². The fourth-order valence-corrected chi connectivity index (χ4v) is 2.50. The molecule has 17 heavy (non-hydrogen) atoms. The van der Waals surface area contributed by atoms with Crippen LogP contribution in [0.5, 0.6) is 0 Å². The molecule has 1 aromatic carbocycles. The number of fused-ring (bicyclic) bond motifs is 1. The standard InChI is InChI=1S/C15H23NO/c1-5-15(2,3)17-13-10-11-8-6-7-9-12(11)14(13)16-4/h6-9,13-14,16H,5,10H2,1-4H3. The average Bonchev–Trinajstić information content (AvgIpc) is 2.65. The maximum Gasteiger partial charge on any atom is 0.0817 e. The molecule has 0 aliphatic heterocycles. The Bertz CT molecular complexity index is 386. The fourth-order valence-electron chi connectivity index (χ4n) is 2.50. The number of nitrogens with one attached hydrogen (secondary N) is 1. The summed E-state index contributed by atoms with van der Waals surface area (Å²) in [5, 5.41) is 3.39. The van der Waals surface area contributed by atoms with E-state index in [-0.39, 0.29) is 11.7 Å². The highest BCUT2D eigenvalue weighted by Gasteiger charge is 2.35. The molecule has 0 spiro atoms. The summed E-state index contributed by atoms with van der Waals surface area (Å²) in [5.41, 5.74) is 2.78. The van der Waals surface area contributed by atoms with Gasteiger partial charge in [-0.3, -0.25) is 0 Å². The summed E-state index contributed by atoms with van der Waals surface area (Å²) >= 11 is 0. The van der Waals surface area contributed by atoms with E-state index in [0.717, 1.165) is 12.8 Å². The maximum atomic E-state index is 6.27. The number of benzene rings is 1. The van der Waals surface area contributed by atoms with Gasteiger partial charge in [0.15, 0.2) is 0 Å². The number of hydrogen-bond acceptors (Lipinski definition) is 2. The van der Waals surface area contributed by atoms with Crippen LogP contribution in [-0.4, -0.2) is 18.8 Å². The molecule has 1 aliphatic rings. The van der Waals surface area contributed by atoms with E-state index in [4.69, 9.17) is 4.74 Å². The Hall–Kier alpha value is -0.860. The molecule has 2 nitrogen and oxygen atoms in total. The van der Waals surface area contributed by atoms with Gasteiger partial charge in [-0.15, -0.1) is 0 Å². The van der Waals surface area contributed by atoms with Crippen LogP contribution in [-0.2, 0) is 11.2 Å². The van der Waals surface area contributed by atoms with Crippen LogP contribution in [0.3, 0.4) is 0 Å². The first-order chi connectivity index (χ1) is 8.07. The van der Waals surface area contributed by atoms with Crippen molar-refractivity contribution in [2.75, 3.05) is 7.05 Å². The van der Waals surface area contributed by atoms with Crippen molar-refractivity contribution in [2.45, 2.75) is 51.4 Å². The summed E-state index contributed by atoms with van der Waals surface area (Å²) < 4.78 is 6.27. The molecule has 2 rings (SSSR count). The van der Waals surface area contributed by atoms with Gasteiger partial charge in [0, 0.05) is 6.42 Å². The predicted molar refractivity (Wildman–Crippen MR) is 71.2 cm³/mol. The second-order valence-electron chi connectivity index (χ2n) is 5.44. The summed E-state index contributed by atoms with van der Waals surface area (Å²) in [6.45, 7) is 6.52. The molecule has 1 aromatic rings. The van der Waals surface area contributed by atoms with E-state index in [9.17, 15) is 0 Å². The Balaban J connectivity index is 2.18. The minimum atomic E-state index is -0.0399. The molecular formula is C15H23NO. The Kier molecular flexibility index (Phi) is 3.55. The molecule has 0 heterocycles. The lowest BCUT2D eigenvalue weighted by molar-refractivity contribution is -0.0820. The SMILES string of the molecule is CCC(C)(C)OC1Cc2ccccc2C1NC. The van der Waals surface area contributed by atoms with E-state index in [1.165, 1.54) is 11.1 Å². The summed E-state index contributed by atoms with van der Waals surface area (Å²) in [4.78, 5) is 0.